The van der Waals surface area contributed by atoms with Gasteiger partial charge in [-0.2, -0.15) is 35.2 Å². The number of benzene rings is 1. The van der Waals surface area contributed by atoms with Gasteiger partial charge in [0.05, 0.1) is 0 Å². The van der Waals surface area contributed by atoms with Crippen molar-refractivity contribution in [1.29, 1.82) is 0 Å². The summed E-state index contributed by atoms with van der Waals surface area (Å²) in [6, 6.07) is 23.1. The SMILES string of the molecule is C[C](C)=[Zr+2].C[Si](C)(C)OCC[c-]1cccc1.[Cl-].[Cl-].c1ccc2[cH-]ccc2c1. The predicted octanol–water partition coefficient (Wildman–Crippen LogP) is 0.112. The third kappa shape index (κ3) is 15.3. The fourth-order valence-corrected chi connectivity index (χ4v) is 2.84. The predicted molar refractivity (Wildman–Crippen MR) is 111 cm³/mol. The van der Waals surface area contributed by atoms with Crippen molar-refractivity contribution in [2.45, 2.75) is 39.9 Å². The molecule has 27 heavy (non-hydrogen) atoms. The summed E-state index contributed by atoms with van der Waals surface area (Å²) in [6.45, 7) is 11.8. The van der Waals surface area contributed by atoms with Crippen LogP contribution in [0.15, 0.2) is 66.7 Å². The Bertz CT molecular complexity index is 696. The minimum absolute atomic E-state index is 0. The van der Waals surface area contributed by atoms with Gasteiger partial charge in [0, 0.05) is 6.61 Å². The van der Waals surface area contributed by atoms with Gasteiger partial charge in [-0.15, -0.1) is 29.7 Å². The Balaban J connectivity index is 0. The van der Waals surface area contributed by atoms with Crippen LogP contribution in [0.25, 0.3) is 10.8 Å². The van der Waals surface area contributed by atoms with Crippen molar-refractivity contribution in [3.05, 3.63) is 72.3 Å². The molecule has 0 amide bonds. The Hall–Kier alpha value is -0.310. The van der Waals surface area contributed by atoms with E-state index in [2.05, 4.69) is 100 Å². The van der Waals surface area contributed by atoms with E-state index < -0.39 is 8.32 Å². The Morgan fingerprint density at radius 3 is 2.07 bits per heavy atom. The standard InChI is InChI=1S/C10H17OSi.C9H7.C3H6.2ClH.Zr/c1-12(2,3)11-9-8-10-6-4-5-7-10;1-2-5-9-7-3-6-8(9)4-1;1-3-2;;;/h4-7H,8-9H2,1-3H3;1-7H;1-2H3;2*1H;/q2*-1;;;;+2/p-2. The second-order valence-corrected chi connectivity index (χ2v) is 14.1. The van der Waals surface area contributed by atoms with Gasteiger partial charge in [0.15, 0.2) is 8.32 Å². The van der Waals surface area contributed by atoms with Crippen LogP contribution < -0.4 is 24.8 Å². The van der Waals surface area contributed by atoms with E-state index in [-0.39, 0.29) is 24.8 Å². The first-order chi connectivity index (χ1) is 11.8. The molecule has 0 saturated heterocycles. The van der Waals surface area contributed by atoms with Gasteiger partial charge in [-0.25, -0.2) is 12.1 Å². The molecule has 148 valence electrons. The second-order valence-electron chi connectivity index (χ2n) is 7.16. The van der Waals surface area contributed by atoms with Gasteiger partial charge in [0.2, 0.25) is 0 Å². The molecule has 3 aromatic rings. The number of hydrogen-bond acceptors (Lipinski definition) is 1. The second kappa shape index (κ2) is 15.6. The maximum Gasteiger partial charge on any atom is 0.183 e. The summed E-state index contributed by atoms with van der Waals surface area (Å²) in [5.41, 5.74) is 1.38. The zero-order chi connectivity index (χ0) is 18.7. The monoisotopic (exact) mass is 498 g/mol. The minimum atomic E-state index is -1.29. The zero-order valence-corrected chi connectivity index (χ0v) is 21.9. The van der Waals surface area contributed by atoms with E-state index in [4.69, 9.17) is 4.43 Å². The van der Waals surface area contributed by atoms with E-state index in [1.807, 2.05) is 0 Å². The van der Waals surface area contributed by atoms with E-state index in [1.165, 1.54) is 19.5 Å². The van der Waals surface area contributed by atoms with Crippen molar-refractivity contribution in [2.24, 2.45) is 0 Å². The summed E-state index contributed by atoms with van der Waals surface area (Å²) in [7, 11) is -1.29. The van der Waals surface area contributed by atoms with Crippen LogP contribution in [0.5, 0.6) is 0 Å². The fraction of sp³-hybridized carbons (Fsp3) is 0.318. The van der Waals surface area contributed by atoms with Gasteiger partial charge in [0.1, 0.15) is 0 Å². The topological polar surface area (TPSA) is 9.23 Å². The molecule has 0 aromatic heterocycles. The molecule has 0 aliphatic carbocycles. The molecule has 0 aliphatic heterocycles. The van der Waals surface area contributed by atoms with Crippen molar-refractivity contribution in [2.75, 3.05) is 6.61 Å². The molecule has 3 rings (SSSR count). The molecule has 3 aromatic carbocycles. The van der Waals surface area contributed by atoms with Crippen LogP contribution in [0.3, 0.4) is 0 Å². The number of halogens is 2. The molecule has 0 atom stereocenters. The summed E-state index contributed by atoms with van der Waals surface area (Å²) in [6.07, 6.45) is 1.05. The molecule has 0 saturated carbocycles. The molecule has 0 aliphatic rings. The summed E-state index contributed by atoms with van der Waals surface area (Å²) >= 11 is 1.55. The molecular weight excluding hydrogens is 470 g/mol. The van der Waals surface area contributed by atoms with Gasteiger partial charge in [-0.1, -0.05) is 12.5 Å². The van der Waals surface area contributed by atoms with E-state index in [1.54, 1.807) is 24.2 Å². The van der Waals surface area contributed by atoms with E-state index >= 15 is 0 Å². The molecular formula is C22H30Cl2OSiZr-2. The molecule has 5 heteroatoms. The van der Waals surface area contributed by atoms with Crippen LogP contribution in [0.4, 0.5) is 0 Å². The molecule has 0 heterocycles. The number of rotatable bonds is 4. The summed E-state index contributed by atoms with van der Waals surface area (Å²) in [4.78, 5) is 0. The fourth-order valence-electron chi connectivity index (χ4n) is 2.13. The van der Waals surface area contributed by atoms with Crippen molar-refractivity contribution in [3.63, 3.8) is 0 Å². The first-order valence-electron chi connectivity index (χ1n) is 8.75. The summed E-state index contributed by atoms with van der Waals surface area (Å²) < 4.78 is 7.25. The van der Waals surface area contributed by atoms with Crippen molar-refractivity contribution in [3.8, 4) is 0 Å². The smallest absolute Gasteiger partial charge is 0.183 e. The molecule has 0 bridgehead atoms. The van der Waals surface area contributed by atoms with Crippen LogP contribution in [-0.4, -0.2) is 18.1 Å². The van der Waals surface area contributed by atoms with Gasteiger partial charge < -0.3 is 29.2 Å². The Morgan fingerprint density at radius 2 is 1.56 bits per heavy atom. The number of fused-ring (bicyclic) bond motifs is 1. The van der Waals surface area contributed by atoms with Gasteiger partial charge in [-0.05, 0) is 19.6 Å². The van der Waals surface area contributed by atoms with Crippen LogP contribution in [-0.2, 0) is 35.1 Å². The van der Waals surface area contributed by atoms with E-state index in [0.717, 1.165) is 13.0 Å². The number of hydrogen-bond donors (Lipinski definition) is 0. The van der Waals surface area contributed by atoms with Crippen molar-refractivity contribution in [1.82, 2.24) is 0 Å². The van der Waals surface area contributed by atoms with Gasteiger partial charge in [0.25, 0.3) is 0 Å². The first-order valence-corrected chi connectivity index (χ1v) is 13.4. The maximum absolute atomic E-state index is 5.74. The third-order valence-corrected chi connectivity index (χ3v) is 4.28. The summed E-state index contributed by atoms with van der Waals surface area (Å²) in [5.74, 6) is 0. The van der Waals surface area contributed by atoms with E-state index in [9.17, 15) is 0 Å². The quantitative estimate of drug-likeness (QED) is 0.365. The zero-order valence-electron chi connectivity index (χ0n) is 16.9. The molecule has 0 fully saturated rings. The third-order valence-electron chi connectivity index (χ3n) is 3.21. The van der Waals surface area contributed by atoms with Crippen molar-refractivity contribution >= 4 is 22.3 Å². The van der Waals surface area contributed by atoms with Gasteiger partial charge >= 0.3 is 41.3 Å². The Labute approximate surface area is 193 Å². The van der Waals surface area contributed by atoms with Crippen LogP contribution in [0, 0.1) is 0 Å². The molecule has 0 unspecified atom stereocenters. The first kappa shape index (κ1) is 28.9. The average Bonchev–Trinajstić information content (AvgIpc) is 3.17. The summed E-state index contributed by atoms with van der Waals surface area (Å²) in [5, 5.41) is 2.66. The molecule has 0 spiro atoms. The average molecular weight is 501 g/mol. The Kier molecular flexibility index (Phi) is 16.7. The minimum Gasteiger partial charge on any atom is -1.00 e. The van der Waals surface area contributed by atoms with Crippen LogP contribution in [0.2, 0.25) is 19.6 Å². The Morgan fingerprint density at radius 1 is 1.00 bits per heavy atom. The maximum atomic E-state index is 5.74. The van der Waals surface area contributed by atoms with Crippen LogP contribution in [0.1, 0.15) is 19.4 Å². The van der Waals surface area contributed by atoms with E-state index in [0.29, 0.717) is 0 Å². The normalized spacial score (nSPS) is 9.74. The molecule has 0 radical (unpaired) electrons. The molecule has 1 nitrogen and oxygen atoms in total. The molecule has 0 N–H and O–H groups in total. The van der Waals surface area contributed by atoms with Gasteiger partial charge in [-0.3, -0.25) is 0 Å². The van der Waals surface area contributed by atoms with Crippen LogP contribution >= 0.6 is 0 Å². The van der Waals surface area contributed by atoms with Crippen molar-refractivity contribution < 1.29 is 53.5 Å². The largest absolute Gasteiger partial charge is 1.00 e.